The van der Waals surface area contributed by atoms with Gasteiger partial charge in [-0.2, -0.15) is 0 Å². The third kappa shape index (κ3) is 5.17. The SMILES string of the molecule is CCCc1c(C(=O)NCCCCN)[nH]c(C)c1C(C)=O.Cl. The fraction of sp³-hybridized carbons (Fsp3) is 0.600. The Balaban J connectivity index is 0.00000400. The zero-order chi connectivity index (χ0) is 15.1. The third-order valence-corrected chi connectivity index (χ3v) is 3.29. The lowest BCUT2D eigenvalue weighted by Gasteiger charge is -2.06. The van der Waals surface area contributed by atoms with Gasteiger partial charge in [0.15, 0.2) is 5.78 Å². The third-order valence-electron chi connectivity index (χ3n) is 3.29. The molecule has 6 heteroatoms. The molecule has 0 unspecified atom stereocenters. The maximum absolute atomic E-state index is 12.2. The van der Waals surface area contributed by atoms with Crippen LogP contribution < -0.4 is 11.1 Å². The number of rotatable bonds is 8. The number of aromatic nitrogens is 1. The molecule has 1 amide bonds. The number of halogens is 1. The van der Waals surface area contributed by atoms with Crippen molar-refractivity contribution in [1.82, 2.24) is 10.3 Å². The Bertz CT molecular complexity index is 484. The van der Waals surface area contributed by atoms with Gasteiger partial charge in [-0.3, -0.25) is 9.59 Å². The molecule has 0 spiro atoms. The lowest BCUT2D eigenvalue weighted by Crippen LogP contribution is -2.26. The Labute approximate surface area is 132 Å². The van der Waals surface area contributed by atoms with Gasteiger partial charge in [-0.25, -0.2) is 0 Å². The fourth-order valence-corrected chi connectivity index (χ4v) is 2.41. The topological polar surface area (TPSA) is 88.0 Å². The van der Waals surface area contributed by atoms with Gasteiger partial charge < -0.3 is 16.0 Å². The molecule has 1 heterocycles. The van der Waals surface area contributed by atoms with Crippen LogP contribution in [0.3, 0.4) is 0 Å². The summed E-state index contributed by atoms with van der Waals surface area (Å²) in [4.78, 5) is 27.0. The molecular formula is C15H26ClN3O2. The van der Waals surface area contributed by atoms with E-state index in [0.717, 1.165) is 36.9 Å². The first-order valence-corrected chi connectivity index (χ1v) is 7.23. The number of carbonyl (C=O) groups excluding carboxylic acids is 2. The molecule has 0 aliphatic carbocycles. The van der Waals surface area contributed by atoms with Gasteiger partial charge in [0.25, 0.3) is 5.91 Å². The second-order valence-electron chi connectivity index (χ2n) is 5.04. The summed E-state index contributed by atoms with van der Waals surface area (Å²) in [6.45, 7) is 6.65. The lowest BCUT2D eigenvalue weighted by molar-refractivity contribution is 0.0947. The summed E-state index contributed by atoms with van der Waals surface area (Å²) in [6, 6.07) is 0. The predicted molar refractivity (Wildman–Crippen MR) is 87.4 cm³/mol. The Kier molecular flexibility index (Phi) is 8.97. The molecule has 0 atom stereocenters. The van der Waals surface area contributed by atoms with Crippen LogP contribution in [0.25, 0.3) is 0 Å². The molecule has 5 nitrogen and oxygen atoms in total. The van der Waals surface area contributed by atoms with Crippen molar-refractivity contribution >= 4 is 24.1 Å². The molecular weight excluding hydrogens is 290 g/mol. The van der Waals surface area contributed by atoms with Gasteiger partial charge in [-0.1, -0.05) is 13.3 Å². The number of H-pyrrole nitrogens is 1. The number of carbonyl (C=O) groups is 2. The van der Waals surface area contributed by atoms with Gasteiger partial charge in [0, 0.05) is 17.8 Å². The molecule has 0 aromatic carbocycles. The zero-order valence-electron chi connectivity index (χ0n) is 13.0. The first-order chi connectivity index (χ1) is 9.52. The molecule has 1 aromatic heterocycles. The number of hydrogen-bond donors (Lipinski definition) is 3. The van der Waals surface area contributed by atoms with E-state index >= 15 is 0 Å². The minimum absolute atomic E-state index is 0. The van der Waals surface area contributed by atoms with Gasteiger partial charge in [0.05, 0.1) is 0 Å². The zero-order valence-corrected chi connectivity index (χ0v) is 13.9. The molecule has 1 aromatic rings. The summed E-state index contributed by atoms with van der Waals surface area (Å²) in [6.07, 6.45) is 3.38. The maximum atomic E-state index is 12.2. The number of nitrogens with one attached hydrogen (secondary N) is 2. The van der Waals surface area contributed by atoms with E-state index in [4.69, 9.17) is 5.73 Å². The Morgan fingerprint density at radius 2 is 1.95 bits per heavy atom. The number of amides is 1. The number of aromatic amines is 1. The first-order valence-electron chi connectivity index (χ1n) is 7.23. The van der Waals surface area contributed by atoms with Crippen molar-refractivity contribution in [3.63, 3.8) is 0 Å². The maximum Gasteiger partial charge on any atom is 0.268 e. The number of unbranched alkanes of at least 4 members (excludes halogenated alkanes) is 1. The average molecular weight is 316 g/mol. The Morgan fingerprint density at radius 3 is 2.48 bits per heavy atom. The van der Waals surface area contributed by atoms with Gasteiger partial charge in [-0.05, 0) is 45.2 Å². The molecule has 0 aliphatic heterocycles. The van der Waals surface area contributed by atoms with Crippen molar-refractivity contribution in [2.75, 3.05) is 13.1 Å². The van der Waals surface area contributed by atoms with Crippen molar-refractivity contribution in [2.45, 2.75) is 46.5 Å². The second kappa shape index (κ2) is 9.58. The summed E-state index contributed by atoms with van der Waals surface area (Å²) in [5.74, 6) is -0.134. The van der Waals surface area contributed by atoms with Crippen LogP contribution in [0.5, 0.6) is 0 Å². The average Bonchev–Trinajstić information content (AvgIpc) is 2.72. The summed E-state index contributed by atoms with van der Waals surface area (Å²) >= 11 is 0. The largest absolute Gasteiger partial charge is 0.354 e. The second-order valence-corrected chi connectivity index (χ2v) is 5.04. The monoisotopic (exact) mass is 315 g/mol. The van der Waals surface area contributed by atoms with E-state index in [9.17, 15) is 9.59 Å². The number of nitrogens with two attached hydrogens (primary N) is 1. The van der Waals surface area contributed by atoms with E-state index in [2.05, 4.69) is 10.3 Å². The first kappa shape index (κ1) is 19.7. The molecule has 0 radical (unpaired) electrons. The minimum Gasteiger partial charge on any atom is -0.354 e. The van der Waals surface area contributed by atoms with E-state index in [1.165, 1.54) is 6.92 Å². The Hall–Kier alpha value is -1.33. The molecule has 0 fully saturated rings. The number of aryl methyl sites for hydroxylation is 1. The van der Waals surface area contributed by atoms with Crippen molar-refractivity contribution in [3.8, 4) is 0 Å². The van der Waals surface area contributed by atoms with E-state index in [1.807, 2.05) is 13.8 Å². The quantitative estimate of drug-likeness (QED) is 0.508. The van der Waals surface area contributed by atoms with Gasteiger partial charge in [0.1, 0.15) is 5.69 Å². The van der Waals surface area contributed by atoms with E-state index in [1.54, 1.807) is 0 Å². The van der Waals surface area contributed by atoms with Crippen LogP contribution >= 0.6 is 12.4 Å². The van der Waals surface area contributed by atoms with Crippen molar-refractivity contribution in [1.29, 1.82) is 0 Å². The fourth-order valence-electron chi connectivity index (χ4n) is 2.41. The number of Topliss-reactive ketones (excluding diaryl/α,β-unsaturated/α-hetero) is 1. The van der Waals surface area contributed by atoms with Crippen molar-refractivity contribution in [2.24, 2.45) is 5.73 Å². The smallest absolute Gasteiger partial charge is 0.268 e. The van der Waals surface area contributed by atoms with E-state index in [-0.39, 0.29) is 24.1 Å². The van der Waals surface area contributed by atoms with Crippen LogP contribution in [0, 0.1) is 6.92 Å². The summed E-state index contributed by atoms with van der Waals surface area (Å²) in [5, 5.41) is 2.88. The highest BCUT2D eigenvalue weighted by molar-refractivity contribution is 6.02. The molecule has 0 saturated heterocycles. The van der Waals surface area contributed by atoms with E-state index < -0.39 is 0 Å². The van der Waals surface area contributed by atoms with Gasteiger partial charge in [-0.15, -0.1) is 12.4 Å². The highest BCUT2D eigenvalue weighted by Crippen LogP contribution is 2.21. The van der Waals surface area contributed by atoms with Crippen LogP contribution in [-0.2, 0) is 6.42 Å². The van der Waals surface area contributed by atoms with Gasteiger partial charge >= 0.3 is 0 Å². The molecule has 21 heavy (non-hydrogen) atoms. The van der Waals surface area contributed by atoms with Crippen LogP contribution in [0.1, 0.15) is 65.2 Å². The summed E-state index contributed by atoms with van der Waals surface area (Å²) < 4.78 is 0. The van der Waals surface area contributed by atoms with Crippen LogP contribution in [0.15, 0.2) is 0 Å². The standard InChI is InChI=1S/C15H25N3O2.ClH/c1-4-7-12-13(11(3)19)10(2)18-14(12)15(20)17-9-6-5-8-16;/h18H,4-9,16H2,1-3H3,(H,17,20);1H. The number of ketones is 1. The molecule has 0 aliphatic rings. The molecule has 1 rings (SSSR count). The van der Waals surface area contributed by atoms with Crippen LogP contribution in [0.2, 0.25) is 0 Å². The predicted octanol–water partition coefficient (Wildman–Crippen LogP) is 2.37. The van der Waals surface area contributed by atoms with Crippen LogP contribution in [0.4, 0.5) is 0 Å². The summed E-state index contributed by atoms with van der Waals surface area (Å²) in [5.41, 5.74) is 8.23. The summed E-state index contributed by atoms with van der Waals surface area (Å²) in [7, 11) is 0. The van der Waals surface area contributed by atoms with Crippen molar-refractivity contribution in [3.05, 3.63) is 22.5 Å². The Morgan fingerprint density at radius 1 is 1.29 bits per heavy atom. The van der Waals surface area contributed by atoms with Gasteiger partial charge in [0.2, 0.25) is 0 Å². The molecule has 0 bridgehead atoms. The molecule has 120 valence electrons. The van der Waals surface area contributed by atoms with Crippen LogP contribution in [-0.4, -0.2) is 29.8 Å². The van der Waals surface area contributed by atoms with E-state index in [0.29, 0.717) is 24.3 Å². The molecule has 0 saturated carbocycles. The highest BCUT2D eigenvalue weighted by Gasteiger charge is 2.21. The lowest BCUT2D eigenvalue weighted by atomic mass is 10.0. The highest BCUT2D eigenvalue weighted by atomic mass is 35.5. The molecule has 4 N–H and O–H groups in total. The normalized spacial score (nSPS) is 10.1. The van der Waals surface area contributed by atoms with Crippen molar-refractivity contribution < 1.29 is 9.59 Å². The minimum atomic E-state index is -0.138. The number of hydrogen-bond acceptors (Lipinski definition) is 3.